The number of benzene rings is 2. The minimum absolute atomic E-state index is 0.276. The van der Waals surface area contributed by atoms with E-state index in [1.807, 2.05) is 36.4 Å². The van der Waals surface area contributed by atoms with Crippen LogP contribution in [0, 0.1) is 0 Å². The second-order valence-corrected chi connectivity index (χ2v) is 7.28. The summed E-state index contributed by atoms with van der Waals surface area (Å²) in [4.78, 5) is 4.72. The molecule has 1 heterocycles. The van der Waals surface area contributed by atoms with Crippen molar-refractivity contribution in [1.82, 2.24) is 9.80 Å². The molecule has 0 spiro atoms. The standard InChI is InChI=1S/C21H27ClN2O3/c1-26-20-3-2-4-21(13-20)27-16-19(25)15-24-11-9-23(10-12-24)14-17-5-7-18(22)8-6-17/h2-8,13,19,25H,9-12,14-16H2,1H3. The molecule has 0 bridgehead atoms. The molecule has 27 heavy (non-hydrogen) atoms. The molecule has 0 aromatic heterocycles. The van der Waals surface area contributed by atoms with E-state index in [1.54, 1.807) is 7.11 Å². The highest BCUT2D eigenvalue weighted by Crippen LogP contribution is 2.19. The van der Waals surface area contributed by atoms with Gasteiger partial charge < -0.3 is 14.6 Å². The van der Waals surface area contributed by atoms with Gasteiger partial charge >= 0.3 is 0 Å². The molecule has 0 amide bonds. The predicted octanol–water partition coefficient (Wildman–Crippen LogP) is 2.91. The zero-order chi connectivity index (χ0) is 19.1. The first-order valence-electron chi connectivity index (χ1n) is 9.26. The maximum absolute atomic E-state index is 10.3. The van der Waals surface area contributed by atoms with Gasteiger partial charge in [0, 0.05) is 50.4 Å². The lowest BCUT2D eigenvalue weighted by atomic mass is 10.2. The van der Waals surface area contributed by atoms with Crippen molar-refractivity contribution in [1.29, 1.82) is 0 Å². The van der Waals surface area contributed by atoms with Crippen LogP contribution in [-0.4, -0.2) is 67.5 Å². The summed E-state index contributed by atoms with van der Waals surface area (Å²) in [6, 6.07) is 15.5. The Morgan fingerprint density at radius 2 is 1.67 bits per heavy atom. The maximum Gasteiger partial charge on any atom is 0.123 e. The number of β-amino-alcohol motifs (C(OH)–C–C–N with tert-alkyl or cyclic N) is 1. The second-order valence-electron chi connectivity index (χ2n) is 6.85. The molecular weight excluding hydrogens is 364 g/mol. The van der Waals surface area contributed by atoms with Gasteiger partial charge in [0.15, 0.2) is 0 Å². The highest BCUT2D eigenvalue weighted by Gasteiger charge is 2.19. The minimum Gasteiger partial charge on any atom is -0.497 e. The van der Waals surface area contributed by atoms with E-state index in [-0.39, 0.29) is 6.61 Å². The Kier molecular flexibility index (Phi) is 7.35. The number of rotatable bonds is 8. The van der Waals surface area contributed by atoms with Gasteiger partial charge in [0.25, 0.3) is 0 Å². The van der Waals surface area contributed by atoms with E-state index < -0.39 is 6.10 Å². The van der Waals surface area contributed by atoms with Crippen LogP contribution >= 0.6 is 11.6 Å². The van der Waals surface area contributed by atoms with Gasteiger partial charge in [0.2, 0.25) is 0 Å². The van der Waals surface area contributed by atoms with Gasteiger partial charge in [0.05, 0.1) is 7.11 Å². The fourth-order valence-corrected chi connectivity index (χ4v) is 3.34. The molecule has 2 aromatic rings. The minimum atomic E-state index is -0.515. The van der Waals surface area contributed by atoms with Crippen molar-refractivity contribution in [2.45, 2.75) is 12.6 Å². The van der Waals surface area contributed by atoms with Crippen molar-refractivity contribution in [2.24, 2.45) is 0 Å². The average molecular weight is 391 g/mol. The summed E-state index contributed by atoms with van der Waals surface area (Å²) in [5.41, 5.74) is 1.28. The van der Waals surface area contributed by atoms with E-state index in [0.29, 0.717) is 12.3 Å². The van der Waals surface area contributed by atoms with Crippen LogP contribution in [0.15, 0.2) is 48.5 Å². The van der Waals surface area contributed by atoms with E-state index in [1.165, 1.54) is 5.56 Å². The smallest absolute Gasteiger partial charge is 0.123 e. The van der Waals surface area contributed by atoms with Gasteiger partial charge in [0.1, 0.15) is 24.2 Å². The molecule has 1 saturated heterocycles. The summed E-state index contributed by atoms with van der Waals surface area (Å²) in [5, 5.41) is 11.1. The lowest BCUT2D eigenvalue weighted by Gasteiger charge is -2.35. The first-order chi connectivity index (χ1) is 13.1. The van der Waals surface area contributed by atoms with Crippen LogP contribution in [0.25, 0.3) is 0 Å². The van der Waals surface area contributed by atoms with Gasteiger partial charge in [-0.2, -0.15) is 0 Å². The van der Waals surface area contributed by atoms with Gasteiger partial charge in [-0.05, 0) is 29.8 Å². The molecule has 1 aliphatic rings. The molecule has 2 aromatic carbocycles. The van der Waals surface area contributed by atoms with Crippen molar-refractivity contribution in [2.75, 3.05) is 46.4 Å². The zero-order valence-corrected chi connectivity index (χ0v) is 16.4. The second kappa shape index (κ2) is 9.95. The number of hydrogen-bond donors (Lipinski definition) is 1. The molecule has 1 aliphatic heterocycles. The topological polar surface area (TPSA) is 45.2 Å². The molecule has 1 unspecified atom stereocenters. The fourth-order valence-electron chi connectivity index (χ4n) is 3.21. The monoisotopic (exact) mass is 390 g/mol. The van der Waals surface area contributed by atoms with Crippen LogP contribution in [0.2, 0.25) is 5.02 Å². The fraction of sp³-hybridized carbons (Fsp3) is 0.429. The Balaban J connectivity index is 1.37. The quantitative estimate of drug-likeness (QED) is 0.750. The van der Waals surface area contributed by atoms with Crippen LogP contribution in [0.4, 0.5) is 0 Å². The molecule has 0 aliphatic carbocycles. The molecule has 146 valence electrons. The van der Waals surface area contributed by atoms with Crippen LogP contribution in [-0.2, 0) is 6.54 Å². The van der Waals surface area contributed by atoms with Crippen LogP contribution in [0.5, 0.6) is 11.5 Å². The van der Waals surface area contributed by atoms with Gasteiger partial charge in [-0.3, -0.25) is 9.80 Å². The molecule has 6 heteroatoms. The first kappa shape index (κ1) is 20.0. The Bertz CT molecular complexity index is 703. The summed E-state index contributed by atoms with van der Waals surface area (Å²) in [6.45, 7) is 5.72. The van der Waals surface area contributed by atoms with E-state index in [2.05, 4.69) is 21.9 Å². The molecule has 0 saturated carbocycles. The first-order valence-corrected chi connectivity index (χ1v) is 9.64. The van der Waals surface area contributed by atoms with Crippen LogP contribution < -0.4 is 9.47 Å². The Hall–Kier alpha value is -1.79. The molecular formula is C21H27ClN2O3. The lowest BCUT2D eigenvalue weighted by molar-refractivity contribution is 0.0446. The maximum atomic E-state index is 10.3. The number of ether oxygens (including phenoxy) is 2. The van der Waals surface area contributed by atoms with E-state index in [0.717, 1.165) is 43.5 Å². The predicted molar refractivity (Wildman–Crippen MR) is 108 cm³/mol. The SMILES string of the molecule is COc1cccc(OCC(O)CN2CCN(Cc3ccc(Cl)cc3)CC2)c1. The lowest BCUT2D eigenvalue weighted by Crippen LogP contribution is -2.48. The number of hydrogen-bond acceptors (Lipinski definition) is 5. The number of halogens is 1. The molecule has 0 radical (unpaired) electrons. The summed E-state index contributed by atoms with van der Waals surface area (Å²) in [6.07, 6.45) is -0.515. The highest BCUT2D eigenvalue weighted by molar-refractivity contribution is 6.30. The van der Waals surface area contributed by atoms with Crippen LogP contribution in [0.3, 0.4) is 0 Å². The van der Waals surface area contributed by atoms with E-state index in [4.69, 9.17) is 21.1 Å². The zero-order valence-electron chi connectivity index (χ0n) is 15.7. The normalized spacial score (nSPS) is 16.9. The number of aliphatic hydroxyl groups excluding tert-OH is 1. The van der Waals surface area contributed by atoms with Crippen molar-refractivity contribution < 1.29 is 14.6 Å². The highest BCUT2D eigenvalue weighted by atomic mass is 35.5. The van der Waals surface area contributed by atoms with Crippen LogP contribution in [0.1, 0.15) is 5.56 Å². The summed E-state index contributed by atoms with van der Waals surface area (Å²) < 4.78 is 10.9. The molecule has 1 N–H and O–H groups in total. The largest absolute Gasteiger partial charge is 0.497 e. The van der Waals surface area contributed by atoms with Crippen molar-refractivity contribution in [3.63, 3.8) is 0 Å². The number of nitrogens with zero attached hydrogens (tertiary/aromatic N) is 2. The van der Waals surface area contributed by atoms with Crippen molar-refractivity contribution in [3.05, 3.63) is 59.1 Å². The summed E-state index contributed by atoms with van der Waals surface area (Å²) in [7, 11) is 1.63. The van der Waals surface area contributed by atoms with Crippen molar-refractivity contribution >= 4 is 11.6 Å². The third-order valence-electron chi connectivity index (χ3n) is 4.74. The third-order valence-corrected chi connectivity index (χ3v) is 4.99. The molecule has 1 atom stereocenters. The van der Waals surface area contributed by atoms with E-state index in [9.17, 15) is 5.11 Å². The third kappa shape index (κ3) is 6.40. The number of piperazine rings is 1. The van der Waals surface area contributed by atoms with Gasteiger partial charge in [-0.25, -0.2) is 0 Å². The Morgan fingerprint density at radius 1 is 1.00 bits per heavy atom. The van der Waals surface area contributed by atoms with Gasteiger partial charge in [-0.15, -0.1) is 0 Å². The Morgan fingerprint density at radius 3 is 2.37 bits per heavy atom. The molecule has 1 fully saturated rings. The molecule has 3 rings (SSSR count). The van der Waals surface area contributed by atoms with E-state index >= 15 is 0 Å². The Labute approximate surface area is 166 Å². The van der Waals surface area contributed by atoms with Gasteiger partial charge in [-0.1, -0.05) is 29.8 Å². The average Bonchev–Trinajstić information content (AvgIpc) is 2.70. The van der Waals surface area contributed by atoms with Crippen molar-refractivity contribution in [3.8, 4) is 11.5 Å². The number of methoxy groups -OCH3 is 1. The molecule has 5 nitrogen and oxygen atoms in total. The number of aliphatic hydroxyl groups is 1. The summed E-state index contributed by atoms with van der Waals surface area (Å²) in [5.74, 6) is 1.46. The summed E-state index contributed by atoms with van der Waals surface area (Å²) >= 11 is 5.94.